The highest BCUT2D eigenvalue weighted by Crippen LogP contribution is 2.38. The summed E-state index contributed by atoms with van der Waals surface area (Å²) in [4.78, 5) is 14.2. The van der Waals surface area contributed by atoms with Crippen LogP contribution >= 0.6 is 0 Å². The zero-order chi connectivity index (χ0) is 23.8. The highest BCUT2D eigenvalue weighted by molar-refractivity contribution is 7.91. The van der Waals surface area contributed by atoms with Gasteiger partial charge in [0.2, 0.25) is 5.91 Å². The fourth-order valence-electron chi connectivity index (χ4n) is 3.66. The third kappa shape index (κ3) is 4.40. The van der Waals surface area contributed by atoms with Gasteiger partial charge in [-0.2, -0.15) is 0 Å². The second-order valence-corrected chi connectivity index (χ2v) is 9.96. The van der Waals surface area contributed by atoms with Crippen molar-refractivity contribution < 1.29 is 22.7 Å². The summed E-state index contributed by atoms with van der Waals surface area (Å²) in [7, 11) is -3.47. The predicted molar refractivity (Wildman–Crippen MR) is 125 cm³/mol. The van der Waals surface area contributed by atoms with Crippen molar-refractivity contribution in [3.05, 3.63) is 77.3 Å². The van der Waals surface area contributed by atoms with Gasteiger partial charge in [-0.3, -0.25) is 4.79 Å². The van der Waals surface area contributed by atoms with E-state index in [1.54, 1.807) is 68.6 Å². The van der Waals surface area contributed by atoms with Crippen LogP contribution in [0.5, 0.6) is 11.5 Å². The van der Waals surface area contributed by atoms with E-state index < -0.39 is 15.7 Å². The van der Waals surface area contributed by atoms with E-state index in [1.165, 1.54) is 6.07 Å². The molecule has 0 aliphatic rings. The summed E-state index contributed by atoms with van der Waals surface area (Å²) in [5.74, 6) is 0.469. The maximum Gasteiger partial charge on any atom is 0.290 e. The average molecular weight is 466 g/mol. The third-order valence-corrected chi connectivity index (χ3v) is 7.13. The normalized spacial score (nSPS) is 11.6. The van der Waals surface area contributed by atoms with Crippen molar-refractivity contribution in [2.45, 2.75) is 25.2 Å². The van der Waals surface area contributed by atoms with Gasteiger partial charge in [-0.15, -0.1) is 0 Å². The number of nitrogens with one attached hydrogen (secondary N) is 1. The van der Waals surface area contributed by atoms with Gasteiger partial charge in [-0.05, 0) is 55.0 Å². The first kappa shape index (κ1) is 22.3. The number of rotatable bonds is 7. The lowest BCUT2D eigenvalue weighted by Gasteiger charge is -2.16. The Morgan fingerprint density at radius 3 is 2.48 bits per heavy atom. The Labute approximate surface area is 191 Å². The highest BCUT2D eigenvalue weighted by atomic mass is 32.2. The molecule has 4 aromatic rings. The molecule has 0 aliphatic carbocycles. The Hall–Kier alpha value is -3.85. The van der Waals surface area contributed by atoms with Crippen LogP contribution < -0.4 is 15.2 Å². The highest BCUT2D eigenvalue weighted by Gasteiger charge is 2.21. The van der Waals surface area contributed by atoms with Crippen LogP contribution in [0.4, 0.5) is 0 Å². The van der Waals surface area contributed by atoms with Crippen LogP contribution in [0.1, 0.15) is 18.2 Å². The van der Waals surface area contributed by atoms with E-state index in [-0.39, 0.29) is 17.1 Å². The SMILES string of the molecule is CCS(=O)(=O)c1ccc(Oc2ccc(CC(N)=O)cc2)c(-c2cc(C)[n+]([O-])c3[nH]ccc23)c1. The second kappa shape index (κ2) is 8.59. The number of fused-ring (bicyclic) bond motifs is 1. The number of benzene rings is 2. The zero-order valence-electron chi connectivity index (χ0n) is 18.2. The van der Waals surface area contributed by atoms with Gasteiger partial charge in [-0.25, -0.2) is 18.1 Å². The molecule has 2 heterocycles. The fraction of sp³-hybridized carbons (Fsp3) is 0.167. The van der Waals surface area contributed by atoms with E-state index in [4.69, 9.17) is 10.5 Å². The van der Waals surface area contributed by atoms with Gasteiger partial charge in [0.1, 0.15) is 17.2 Å². The van der Waals surface area contributed by atoms with Crippen LogP contribution in [0.2, 0.25) is 0 Å². The number of amides is 1. The number of aromatic nitrogens is 2. The van der Waals surface area contributed by atoms with Crippen molar-refractivity contribution in [1.29, 1.82) is 0 Å². The number of aryl methyl sites for hydroxylation is 1. The van der Waals surface area contributed by atoms with Gasteiger partial charge in [0.15, 0.2) is 9.84 Å². The molecule has 0 fully saturated rings. The molecule has 0 bridgehead atoms. The lowest BCUT2D eigenvalue weighted by atomic mass is 10.0. The smallest absolute Gasteiger partial charge is 0.290 e. The minimum atomic E-state index is -3.47. The summed E-state index contributed by atoms with van der Waals surface area (Å²) in [5.41, 5.74) is 8.03. The Morgan fingerprint density at radius 1 is 1.09 bits per heavy atom. The Bertz CT molecular complexity index is 1460. The number of hydrogen-bond donors (Lipinski definition) is 2. The van der Waals surface area contributed by atoms with E-state index in [0.717, 1.165) is 10.3 Å². The molecule has 9 heteroatoms. The standard InChI is InChI=1S/C24H23N3O5S/c1-3-33(30,31)18-8-9-22(32-17-6-4-16(5-7-17)13-23(25)28)21(14-18)20-12-15(2)27(29)24-19(20)10-11-26-24/h4-12,14,26H,3,13H2,1-2H3,(H2,25,28). The number of pyridine rings is 1. The maximum absolute atomic E-state index is 12.6. The summed E-state index contributed by atoms with van der Waals surface area (Å²) in [5, 5.41) is 13.1. The van der Waals surface area contributed by atoms with Crippen LogP contribution in [0, 0.1) is 12.1 Å². The van der Waals surface area contributed by atoms with Crippen molar-refractivity contribution >= 4 is 26.8 Å². The summed E-state index contributed by atoms with van der Waals surface area (Å²) in [6.45, 7) is 3.27. The minimum Gasteiger partial charge on any atom is -0.710 e. The van der Waals surface area contributed by atoms with Gasteiger partial charge in [0.25, 0.3) is 5.65 Å². The topological polar surface area (TPSA) is 129 Å². The van der Waals surface area contributed by atoms with E-state index in [2.05, 4.69) is 4.98 Å². The summed E-state index contributed by atoms with van der Waals surface area (Å²) < 4.78 is 32.1. The summed E-state index contributed by atoms with van der Waals surface area (Å²) >= 11 is 0. The molecule has 2 aromatic carbocycles. The van der Waals surface area contributed by atoms with Crippen LogP contribution in [0.15, 0.2) is 65.7 Å². The van der Waals surface area contributed by atoms with Crippen molar-refractivity contribution in [2.24, 2.45) is 5.73 Å². The lowest BCUT2D eigenvalue weighted by Crippen LogP contribution is -2.31. The fourth-order valence-corrected chi connectivity index (χ4v) is 4.57. The summed E-state index contributed by atoms with van der Waals surface area (Å²) in [6.07, 6.45) is 1.78. The molecule has 4 rings (SSSR count). The molecule has 33 heavy (non-hydrogen) atoms. The quantitative estimate of drug-likeness (QED) is 0.319. The number of nitrogens with zero attached hydrogens (tertiary/aromatic N) is 1. The van der Waals surface area contributed by atoms with Gasteiger partial charge >= 0.3 is 0 Å². The van der Waals surface area contributed by atoms with Crippen LogP contribution in [0.3, 0.4) is 0 Å². The molecule has 0 spiro atoms. The van der Waals surface area contributed by atoms with Crippen LogP contribution in [0.25, 0.3) is 22.2 Å². The average Bonchev–Trinajstić information content (AvgIpc) is 3.28. The van der Waals surface area contributed by atoms with Crippen LogP contribution in [-0.2, 0) is 21.1 Å². The first-order valence-corrected chi connectivity index (χ1v) is 12.0. The number of hydrogen-bond acceptors (Lipinski definition) is 5. The van der Waals surface area contributed by atoms with E-state index >= 15 is 0 Å². The van der Waals surface area contributed by atoms with E-state index in [0.29, 0.717) is 39.4 Å². The number of H-pyrrole nitrogens is 1. The van der Waals surface area contributed by atoms with Crippen LogP contribution in [-0.4, -0.2) is 25.1 Å². The monoisotopic (exact) mass is 465 g/mol. The Kier molecular flexibility index (Phi) is 5.82. The van der Waals surface area contributed by atoms with Gasteiger partial charge in [-0.1, -0.05) is 19.1 Å². The molecule has 0 aliphatic heterocycles. The number of ether oxygens (including phenoxy) is 1. The van der Waals surface area contributed by atoms with E-state index in [9.17, 15) is 18.4 Å². The molecule has 3 N–H and O–H groups in total. The van der Waals surface area contributed by atoms with Gasteiger partial charge in [0, 0.05) is 11.1 Å². The molecular weight excluding hydrogens is 442 g/mol. The lowest BCUT2D eigenvalue weighted by molar-refractivity contribution is -0.586. The summed E-state index contributed by atoms with van der Waals surface area (Å²) in [6, 6.07) is 15.1. The molecular formula is C24H23N3O5S. The number of aromatic amines is 1. The molecule has 8 nitrogen and oxygen atoms in total. The van der Waals surface area contributed by atoms with E-state index in [1.807, 2.05) is 0 Å². The zero-order valence-corrected chi connectivity index (χ0v) is 19.0. The molecule has 0 saturated heterocycles. The predicted octanol–water partition coefficient (Wildman–Crippen LogP) is 3.39. The molecule has 1 amide bonds. The molecule has 0 atom stereocenters. The number of carbonyl (C=O) groups is 1. The second-order valence-electron chi connectivity index (χ2n) is 7.68. The largest absolute Gasteiger partial charge is 0.710 e. The third-order valence-electron chi connectivity index (χ3n) is 5.40. The number of sulfone groups is 1. The minimum absolute atomic E-state index is 0.0398. The molecule has 170 valence electrons. The van der Waals surface area contributed by atoms with Crippen molar-refractivity contribution in [1.82, 2.24) is 4.98 Å². The Balaban J connectivity index is 1.86. The maximum atomic E-state index is 12.6. The first-order valence-electron chi connectivity index (χ1n) is 10.3. The number of primary amides is 1. The van der Waals surface area contributed by atoms with Crippen molar-refractivity contribution in [3.63, 3.8) is 0 Å². The van der Waals surface area contributed by atoms with Gasteiger partial charge < -0.3 is 15.7 Å². The number of carbonyl (C=O) groups excluding carboxylic acids is 1. The molecule has 0 radical (unpaired) electrons. The number of nitrogens with two attached hydrogens (primary N) is 1. The van der Waals surface area contributed by atoms with Crippen molar-refractivity contribution in [2.75, 3.05) is 5.75 Å². The van der Waals surface area contributed by atoms with Gasteiger partial charge in [0.05, 0.1) is 28.7 Å². The first-order chi connectivity index (χ1) is 15.7. The van der Waals surface area contributed by atoms with Crippen molar-refractivity contribution in [3.8, 4) is 22.6 Å². The molecule has 0 unspecified atom stereocenters. The molecule has 0 saturated carbocycles. The Morgan fingerprint density at radius 2 is 1.82 bits per heavy atom. The molecule has 2 aromatic heterocycles.